The van der Waals surface area contributed by atoms with Gasteiger partial charge in [0, 0.05) is 11.9 Å². The topological polar surface area (TPSA) is 62.7 Å². The van der Waals surface area contributed by atoms with Gasteiger partial charge in [-0.1, -0.05) is 6.07 Å². The molecule has 1 fully saturated rings. The maximum absolute atomic E-state index is 9.06. The molecule has 2 N–H and O–H groups in total. The van der Waals surface area contributed by atoms with Crippen LogP contribution in [0.5, 0.6) is 0 Å². The average Bonchev–Trinajstić information content (AvgIpc) is 3.11. The van der Waals surface area contributed by atoms with Gasteiger partial charge >= 0.3 is 0 Å². The van der Waals surface area contributed by atoms with E-state index in [-0.39, 0.29) is 0 Å². The summed E-state index contributed by atoms with van der Waals surface area (Å²) in [4.78, 5) is 4.19. The maximum atomic E-state index is 9.06. The molecule has 78 valence electrons. The van der Waals surface area contributed by atoms with Crippen molar-refractivity contribution >= 4 is 11.8 Å². The minimum Gasteiger partial charge on any atom is -0.312 e. The maximum Gasteiger partial charge on any atom is 0.116 e. The van der Waals surface area contributed by atoms with Crippen molar-refractivity contribution in [3.63, 3.8) is 0 Å². The van der Waals surface area contributed by atoms with E-state index in [1.165, 1.54) is 0 Å². The molecule has 3 nitrogen and oxygen atoms in total. The van der Waals surface area contributed by atoms with E-state index in [4.69, 9.17) is 11.0 Å². The van der Waals surface area contributed by atoms with Crippen molar-refractivity contribution in [2.45, 2.75) is 23.4 Å². The number of pyridine rings is 1. The van der Waals surface area contributed by atoms with Crippen molar-refractivity contribution in [1.29, 1.82) is 5.26 Å². The molecule has 0 spiro atoms. The molecule has 1 aromatic rings. The van der Waals surface area contributed by atoms with Gasteiger partial charge in [0.1, 0.15) is 5.54 Å². The summed E-state index contributed by atoms with van der Waals surface area (Å²) in [5, 5.41) is 10.00. The van der Waals surface area contributed by atoms with E-state index >= 15 is 0 Å². The lowest BCUT2D eigenvalue weighted by atomic mass is 10.00. The predicted octanol–water partition coefficient (Wildman–Crippen LogP) is 1.80. The lowest BCUT2D eigenvalue weighted by Crippen LogP contribution is -2.43. The number of hydrogen-bond acceptors (Lipinski definition) is 4. The SMILES string of the molecule is N#CC(N)(CSc1ccccn1)C1CC1. The Kier molecular flexibility index (Phi) is 2.94. The Hall–Kier alpha value is -1.05. The summed E-state index contributed by atoms with van der Waals surface area (Å²) in [6.07, 6.45) is 3.93. The number of rotatable bonds is 4. The van der Waals surface area contributed by atoms with Gasteiger partial charge in [-0.25, -0.2) is 4.98 Å². The second-order valence-corrected chi connectivity index (χ2v) is 4.88. The fourth-order valence-electron chi connectivity index (χ4n) is 1.47. The fourth-order valence-corrected chi connectivity index (χ4v) is 2.46. The van der Waals surface area contributed by atoms with Crippen molar-refractivity contribution in [1.82, 2.24) is 4.98 Å². The third-order valence-electron chi connectivity index (χ3n) is 2.61. The Morgan fingerprint density at radius 2 is 2.40 bits per heavy atom. The first-order valence-corrected chi connectivity index (χ1v) is 5.97. The first kappa shape index (κ1) is 10.5. The molecular formula is C11H13N3S. The van der Waals surface area contributed by atoms with Gasteiger partial charge in [-0.15, -0.1) is 11.8 Å². The normalized spacial score (nSPS) is 19.2. The zero-order valence-electron chi connectivity index (χ0n) is 8.39. The summed E-state index contributed by atoms with van der Waals surface area (Å²) in [6.45, 7) is 0. The second-order valence-electron chi connectivity index (χ2n) is 3.88. The van der Waals surface area contributed by atoms with Crippen molar-refractivity contribution in [2.75, 3.05) is 5.75 Å². The molecule has 1 atom stereocenters. The quantitative estimate of drug-likeness (QED) is 0.784. The number of nitriles is 1. The number of nitrogens with two attached hydrogens (primary N) is 1. The summed E-state index contributed by atoms with van der Waals surface area (Å²) in [5.74, 6) is 1.02. The Balaban J connectivity index is 1.95. The predicted molar refractivity (Wildman–Crippen MR) is 60.2 cm³/mol. The van der Waals surface area contributed by atoms with E-state index in [0.717, 1.165) is 17.9 Å². The van der Waals surface area contributed by atoms with Crippen LogP contribution >= 0.6 is 11.8 Å². The average molecular weight is 219 g/mol. The third-order valence-corrected chi connectivity index (χ3v) is 3.77. The Morgan fingerprint density at radius 1 is 1.60 bits per heavy atom. The van der Waals surface area contributed by atoms with Crippen LogP contribution in [0.25, 0.3) is 0 Å². The van der Waals surface area contributed by atoms with Gasteiger partial charge in [0.15, 0.2) is 0 Å². The van der Waals surface area contributed by atoms with Crippen molar-refractivity contribution in [2.24, 2.45) is 11.7 Å². The monoisotopic (exact) mass is 219 g/mol. The Bertz CT molecular complexity index is 369. The molecule has 1 heterocycles. The summed E-state index contributed by atoms with van der Waals surface area (Å²) >= 11 is 1.56. The molecule has 0 bridgehead atoms. The number of hydrogen-bond donors (Lipinski definition) is 1. The number of thioether (sulfide) groups is 1. The summed E-state index contributed by atoms with van der Waals surface area (Å²) in [5.41, 5.74) is 5.38. The highest BCUT2D eigenvalue weighted by Gasteiger charge is 2.42. The molecular weight excluding hydrogens is 206 g/mol. The van der Waals surface area contributed by atoms with Gasteiger partial charge in [0.25, 0.3) is 0 Å². The molecule has 1 unspecified atom stereocenters. The minimum atomic E-state index is -0.664. The number of nitrogens with zero attached hydrogens (tertiary/aromatic N) is 2. The molecule has 1 aromatic heterocycles. The van der Waals surface area contributed by atoms with Gasteiger partial charge in [0.05, 0.1) is 11.1 Å². The molecule has 0 saturated heterocycles. The highest BCUT2D eigenvalue weighted by atomic mass is 32.2. The summed E-state index contributed by atoms with van der Waals surface area (Å²) in [7, 11) is 0. The van der Waals surface area contributed by atoms with E-state index in [0.29, 0.717) is 11.7 Å². The van der Waals surface area contributed by atoms with Gasteiger partial charge in [0.2, 0.25) is 0 Å². The molecule has 0 aliphatic heterocycles. The highest BCUT2D eigenvalue weighted by molar-refractivity contribution is 7.99. The lowest BCUT2D eigenvalue weighted by Gasteiger charge is -2.19. The lowest BCUT2D eigenvalue weighted by molar-refractivity contribution is 0.532. The van der Waals surface area contributed by atoms with E-state index in [9.17, 15) is 0 Å². The largest absolute Gasteiger partial charge is 0.312 e. The van der Waals surface area contributed by atoms with Crippen LogP contribution in [0.4, 0.5) is 0 Å². The molecule has 1 saturated carbocycles. The van der Waals surface area contributed by atoms with E-state index < -0.39 is 5.54 Å². The molecule has 0 radical (unpaired) electrons. The van der Waals surface area contributed by atoms with Crippen LogP contribution in [0.15, 0.2) is 29.4 Å². The first-order valence-electron chi connectivity index (χ1n) is 4.98. The van der Waals surface area contributed by atoms with Crippen molar-refractivity contribution in [3.8, 4) is 6.07 Å². The van der Waals surface area contributed by atoms with Crippen LogP contribution in [-0.2, 0) is 0 Å². The fraction of sp³-hybridized carbons (Fsp3) is 0.455. The van der Waals surface area contributed by atoms with Crippen LogP contribution in [0.1, 0.15) is 12.8 Å². The summed E-state index contributed by atoms with van der Waals surface area (Å²) < 4.78 is 0. The molecule has 0 amide bonds. The van der Waals surface area contributed by atoms with E-state index in [2.05, 4.69) is 11.1 Å². The van der Waals surface area contributed by atoms with E-state index in [1.54, 1.807) is 18.0 Å². The third kappa shape index (κ3) is 2.49. The van der Waals surface area contributed by atoms with Crippen molar-refractivity contribution in [3.05, 3.63) is 24.4 Å². The molecule has 1 aliphatic carbocycles. The Morgan fingerprint density at radius 3 is 2.93 bits per heavy atom. The first-order chi connectivity index (χ1) is 7.24. The van der Waals surface area contributed by atoms with Crippen LogP contribution in [0.2, 0.25) is 0 Å². The van der Waals surface area contributed by atoms with Crippen LogP contribution in [0.3, 0.4) is 0 Å². The minimum absolute atomic E-state index is 0.388. The molecule has 15 heavy (non-hydrogen) atoms. The molecule has 1 aliphatic rings. The molecule has 4 heteroatoms. The van der Waals surface area contributed by atoms with Gasteiger partial charge in [-0.05, 0) is 30.9 Å². The van der Waals surface area contributed by atoms with Gasteiger partial charge < -0.3 is 5.73 Å². The van der Waals surface area contributed by atoms with E-state index in [1.807, 2.05) is 18.2 Å². The standard InChI is InChI=1S/C11H13N3S/c12-7-11(13,9-4-5-9)8-15-10-3-1-2-6-14-10/h1-3,6,9H,4-5,8,13H2. The number of aromatic nitrogens is 1. The summed E-state index contributed by atoms with van der Waals surface area (Å²) in [6, 6.07) is 8.00. The van der Waals surface area contributed by atoms with Gasteiger partial charge in [-0.3, -0.25) is 0 Å². The molecule has 0 aromatic carbocycles. The zero-order valence-corrected chi connectivity index (χ0v) is 9.20. The highest BCUT2D eigenvalue weighted by Crippen LogP contribution is 2.40. The zero-order chi connectivity index (χ0) is 10.7. The smallest absolute Gasteiger partial charge is 0.116 e. The van der Waals surface area contributed by atoms with Crippen molar-refractivity contribution < 1.29 is 0 Å². The molecule has 2 rings (SSSR count). The van der Waals surface area contributed by atoms with Crippen LogP contribution in [0, 0.1) is 17.2 Å². The second kappa shape index (κ2) is 4.21. The van der Waals surface area contributed by atoms with Crippen LogP contribution in [-0.4, -0.2) is 16.3 Å². The Labute approximate surface area is 93.7 Å². The van der Waals surface area contributed by atoms with Crippen LogP contribution < -0.4 is 5.73 Å². The van der Waals surface area contributed by atoms with Gasteiger partial charge in [-0.2, -0.15) is 5.26 Å².